The number of phenols is 1. The predicted octanol–water partition coefficient (Wildman–Crippen LogP) is 6.97. The van der Waals surface area contributed by atoms with E-state index in [1.165, 1.54) is 18.2 Å². The molecule has 206 valence electrons. The quantitative estimate of drug-likeness (QED) is 0.220. The van der Waals surface area contributed by atoms with E-state index in [1.807, 2.05) is 39.0 Å². The summed E-state index contributed by atoms with van der Waals surface area (Å²) in [6, 6.07) is 9.41. The zero-order valence-electron chi connectivity index (χ0n) is 23.3. The Hall–Kier alpha value is -4.26. The minimum Gasteiger partial charge on any atom is -0.507 e. The Bertz CT molecular complexity index is 1850. The first-order valence-corrected chi connectivity index (χ1v) is 13.4. The van der Waals surface area contributed by atoms with Gasteiger partial charge in [0.1, 0.15) is 39.6 Å². The summed E-state index contributed by atoms with van der Waals surface area (Å²) in [5, 5.41) is 12.1. The van der Waals surface area contributed by atoms with Crippen LogP contribution in [-0.2, 0) is 5.41 Å². The summed E-state index contributed by atoms with van der Waals surface area (Å²) < 4.78 is 24.4. The first kappa shape index (κ1) is 26.0. The van der Waals surface area contributed by atoms with Crippen LogP contribution in [0.15, 0.2) is 73.6 Å². The maximum absolute atomic E-state index is 12.4. The molecule has 40 heavy (non-hydrogen) atoms. The van der Waals surface area contributed by atoms with E-state index in [4.69, 9.17) is 18.3 Å². The zero-order valence-corrected chi connectivity index (χ0v) is 23.3. The lowest BCUT2D eigenvalue weighted by molar-refractivity contribution is 0.0319. The smallest absolute Gasteiger partial charge is 0.336 e. The lowest BCUT2D eigenvalue weighted by atomic mass is 9.72. The normalized spacial score (nSPS) is 21.7. The number of ether oxygens (including phenoxy) is 2. The van der Waals surface area contributed by atoms with Gasteiger partial charge in [0.15, 0.2) is 0 Å². The molecule has 2 atom stereocenters. The third kappa shape index (κ3) is 4.21. The van der Waals surface area contributed by atoms with Gasteiger partial charge in [-0.15, -0.1) is 6.58 Å². The minimum atomic E-state index is -0.745. The molecule has 0 spiro atoms. The first-order chi connectivity index (χ1) is 18.8. The van der Waals surface area contributed by atoms with Crippen molar-refractivity contribution >= 4 is 28.0 Å². The van der Waals surface area contributed by atoms with Crippen molar-refractivity contribution in [2.24, 2.45) is 0 Å². The maximum atomic E-state index is 12.4. The van der Waals surface area contributed by atoms with Crippen molar-refractivity contribution in [3.05, 3.63) is 92.7 Å². The molecule has 0 saturated carbocycles. The third-order valence-electron chi connectivity index (χ3n) is 8.07. The zero-order chi connectivity index (χ0) is 28.6. The number of aromatic hydroxyl groups is 1. The molecule has 2 aliphatic heterocycles. The van der Waals surface area contributed by atoms with E-state index in [1.54, 1.807) is 18.2 Å². The molecule has 0 radical (unpaired) electrons. The summed E-state index contributed by atoms with van der Waals surface area (Å²) in [6.07, 6.45) is 7.07. The van der Waals surface area contributed by atoms with Crippen LogP contribution in [0.25, 0.3) is 28.0 Å². The van der Waals surface area contributed by atoms with Crippen LogP contribution in [0, 0.1) is 0 Å². The number of benzene rings is 2. The molecule has 4 aromatic rings. The fraction of sp³-hybridized carbons (Fsp3) is 0.333. The highest BCUT2D eigenvalue weighted by Crippen LogP contribution is 2.58. The third-order valence-corrected chi connectivity index (χ3v) is 8.07. The van der Waals surface area contributed by atoms with Gasteiger partial charge in [-0.25, -0.2) is 9.59 Å². The van der Waals surface area contributed by atoms with Crippen molar-refractivity contribution in [3.63, 3.8) is 0 Å². The van der Waals surface area contributed by atoms with Crippen molar-refractivity contribution in [2.75, 3.05) is 0 Å². The van der Waals surface area contributed by atoms with E-state index in [-0.39, 0.29) is 11.7 Å². The number of fused-ring (bicyclic) bond motifs is 3. The Kier molecular flexibility index (Phi) is 5.60. The molecule has 0 bridgehead atoms. The Morgan fingerprint density at radius 2 is 1.70 bits per heavy atom. The van der Waals surface area contributed by atoms with E-state index in [0.29, 0.717) is 45.4 Å². The van der Waals surface area contributed by atoms with Crippen LogP contribution in [0.4, 0.5) is 0 Å². The Labute approximate surface area is 231 Å². The summed E-state index contributed by atoms with van der Waals surface area (Å²) in [5.41, 5.74) is 0.435. The van der Waals surface area contributed by atoms with Crippen LogP contribution in [0.5, 0.6) is 17.2 Å². The molecule has 6 rings (SSSR count). The van der Waals surface area contributed by atoms with E-state index in [2.05, 4.69) is 20.4 Å². The highest BCUT2D eigenvalue weighted by Gasteiger charge is 2.47. The van der Waals surface area contributed by atoms with Gasteiger partial charge in [-0.1, -0.05) is 26.0 Å². The van der Waals surface area contributed by atoms with E-state index in [9.17, 15) is 14.7 Å². The van der Waals surface area contributed by atoms with Crippen LogP contribution in [0.1, 0.15) is 70.1 Å². The molecule has 7 heteroatoms. The average Bonchev–Trinajstić information content (AvgIpc) is 2.86. The highest BCUT2D eigenvalue weighted by atomic mass is 16.5. The predicted molar refractivity (Wildman–Crippen MR) is 155 cm³/mol. The molecule has 7 nitrogen and oxygen atoms in total. The fourth-order valence-corrected chi connectivity index (χ4v) is 6.12. The number of phenolic OH excluding ortho intramolecular Hbond substituents is 1. The molecule has 2 aliphatic rings. The standard InChI is InChI=1S/C33H32O7/c1-7-31(2,3)27-29-21(9-11-25(36)38-29)28-26-20(16-32(4,5)39-30(26)27)17-33(6,40-28)13-12-18-14-19-8-10-24(35)37-23(19)15-22(18)34/h7-15,20,34H,1,16-17H2,2-6H3/t20-,33-/m0/s1. The van der Waals surface area contributed by atoms with E-state index < -0.39 is 27.9 Å². The fourth-order valence-electron chi connectivity index (χ4n) is 6.12. The van der Waals surface area contributed by atoms with Crippen LogP contribution in [0.3, 0.4) is 0 Å². The van der Waals surface area contributed by atoms with E-state index in [0.717, 1.165) is 17.5 Å². The molecule has 0 amide bonds. The Balaban J connectivity index is 1.53. The Morgan fingerprint density at radius 1 is 0.975 bits per heavy atom. The molecular formula is C33H32O7. The SMILES string of the molecule is C=CC(C)(C)c1c2c3c(c4ccc(=O)oc14)O[C@@](C)(C=Cc1cc4ccc(=O)oc4cc1O)C[C@@H]3CC(C)(C)O2. The number of allylic oxidation sites excluding steroid dienone is 1. The van der Waals surface area contributed by atoms with Gasteiger partial charge in [-0.2, -0.15) is 0 Å². The molecule has 0 unspecified atom stereocenters. The number of hydrogen-bond donors (Lipinski definition) is 1. The molecule has 4 heterocycles. The second-order valence-electron chi connectivity index (χ2n) is 12.3. The molecule has 0 saturated heterocycles. The van der Waals surface area contributed by atoms with Crippen molar-refractivity contribution in [3.8, 4) is 17.2 Å². The maximum Gasteiger partial charge on any atom is 0.336 e. The lowest BCUT2D eigenvalue weighted by Gasteiger charge is -2.47. The largest absolute Gasteiger partial charge is 0.507 e. The number of hydrogen-bond acceptors (Lipinski definition) is 7. The van der Waals surface area contributed by atoms with Crippen molar-refractivity contribution < 1.29 is 23.4 Å². The summed E-state index contributed by atoms with van der Waals surface area (Å²) in [4.78, 5) is 24.0. The van der Waals surface area contributed by atoms with Gasteiger partial charge in [0.25, 0.3) is 0 Å². The lowest BCUT2D eigenvalue weighted by Crippen LogP contribution is -2.43. The van der Waals surface area contributed by atoms with Crippen molar-refractivity contribution in [1.82, 2.24) is 0 Å². The highest BCUT2D eigenvalue weighted by molar-refractivity contribution is 5.92. The van der Waals surface area contributed by atoms with Crippen LogP contribution in [0.2, 0.25) is 0 Å². The molecular weight excluding hydrogens is 508 g/mol. The molecule has 2 aromatic heterocycles. The molecule has 0 fully saturated rings. The van der Waals surface area contributed by atoms with Gasteiger partial charge in [-0.05, 0) is 63.8 Å². The van der Waals surface area contributed by atoms with Crippen LogP contribution < -0.4 is 20.7 Å². The van der Waals surface area contributed by atoms with Crippen LogP contribution in [-0.4, -0.2) is 16.3 Å². The minimum absolute atomic E-state index is 0.00378. The summed E-state index contributed by atoms with van der Waals surface area (Å²) >= 11 is 0. The van der Waals surface area contributed by atoms with Crippen molar-refractivity contribution in [1.29, 1.82) is 0 Å². The molecule has 0 aliphatic carbocycles. The monoisotopic (exact) mass is 540 g/mol. The second kappa shape index (κ2) is 8.62. The first-order valence-electron chi connectivity index (χ1n) is 13.4. The van der Waals surface area contributed by atoms with Crippen molar-refractivity contribution in [2.45, 2.75) is 70.0 Å². The average molecular weight is 541 g/mol. The van der Waals surface area contributed by atoms with Gasteiger partial charge in [0.05, 0.1) is 5.39 Å². The number of rotatable bonds is 4. The molecule has 2 aromatic carbocycles. The van der Waals surface area contributed by atoms with Gasteiger partial charge in [0.2, 0.25) is 0 Å². The summed E-state index contributed by atoms with van der Waals surface area (Å²) in [6.45, 7) is 14.3. The second-order valence-corrected chi connectivity index (χ2v) is 12.3. The van der Waals surface area contributed by atoms with Gasteiger partial charge < -0.3 is 23.4 Å². The molecule has 1 N–H and O–H groups in total. The van der Waals surface area contributed by atoms with Crippen LogP contribution >= 0.6 is 0 Å². The topological polar surface area (TPSA) is 99.1 Å². The summed E-state index contributed by atoms with van der Waals surface area (Å²) in [7, 11) is 0. The van der Waals surface area contributed by atoms with Gasteiger partial charge in [-0.3, -0.25) is 0 Å². The summed E-state index contributed by atoms with van der Waals surface area (Å²) in [5.74, 6) is 1.44. The Morgan fingerprint density at radius 3 is 2.45 bits per heavy atom. The van der Waals surface area contributed by atoms with Gasteiger partial charge >= 0.3 is 11.3 Å². The van der Waals surface area contributed by atoms with E-state index >= 15 is 0 Å². The van der Waals surface area contributed by atoms with Gasteiger partial charge in [0, 0.05) is 45.7 Å².